The van der Waals surface area contributed by atoms with Crippen LogP contribution in [0, 0.1) is 5.92 Å². The molecule has 1 N–H and O–H groups in total. The van der Waals surface area contributed by atoms with Crippen LogP contribution in [0.25, 0.3) is 11.8 Å². The van der Waals surface area contributed by atoms with Gasteiger partial charge in [0.25, 0.3) is 0 Å². The van der Waals surface area contributed by atoms with Gasteiger partial charge in [-0.2, -0.15) is 0 Å². The molecule has 0 radical (unpaired) electrons. The number of hydrogen-bond acceptors (Lipinski definition) is 1. The van der Waals surface area contributed by atoms with Crippen molar-refractivity contribution in [1.82, 2.24) is 0 Å². The van der Waals surface area contributed by atoms with Crippen LogP contribution in [0.4, 0.5) is 0 Å². The first kappa shape index (κ1) is 13.2. The lowest BCUT2D eigenvalue weighted by Crippen LogP contribution is -1.88. The van der Waals surface area contributed by atoms with Gasteiger partial charge in [-0.3, -0.25) is 0 Å². The molecule has 2 aromatic rings. The quantitative estimate of drug-likeness (QED) is 0.762. The number of benzene rings is 2. The Balaban J connectivity index is 2.05. The van der Waals surface area contributed by atoms with Gasteiger partial charge in [-0.25, -0.2) is 0 Å². The first-order valence-electron chi connectivity index (χ1n) is 6.45. The lowest BCUT2D eigenvalue weighted by molar-refractivity contribution is 0.507. The monoisotopic (exact) mass is 250 g/mol. The SMILES string of the molecule is C[C@H](/C=C(\O)c1ccccc1)/C=C/c1ccccc1. The van der Waals surface area contributed by atoms with E-state index in [1.54, 1.807) is 0 Å². The van der Waals surface area contributed by atoms with E-state index >= 15 is 0 Å². The van der Waals surface area contributed by atoms with Gasteiger partial charge in [0.05, 0.1) is 0 Å². The van der Waals surface area contributed by atoms with Gasteiger partial charge < -0.3 is 5.11 Å². The highest BCUT2D eigenvalue weighted by Gasteiger charge is 1.99. The Kier molecular flexibility index (Phi) is 4.57. The van der Waals surface area contributed by atoms with Gasteiger partial charge in [0.15, 0.2) is 0 Å². The summed E-state index contributed by atoms with van der Waals surface area (Å²) in [5.74, 6) is 0.506. The molecular weight excluding hydrogens is 232 g/mol. The van der Waals surface area contributed by atoms with Gasteiger partial charge >= 0.3 is 0 Å². The Morgan fingerprint density at radius 2 is 1.53 bits per heavy atom. The normalized spacial score (nSPS) is 13.6. The molecule has 0 bridgehead atoms. The lowest BCUT2D eigenvalue weighted by atomic mass is 10.1. The maximum absolute atomic E-state index is 10.0. The van der Waals surface area contributed by atoms with Crippen molar-refractivity contribution in [2.45, 2.75) is 6.92 Å². The first-order chi connectivity index (χ1) is 9.25. The third-order valence-corrected chi connectivity index (χ3v) is 2.88. The van der Waals surface area contributed by atoms with Crippen LogP contribution in [0.5, 0.6) is 0 Å². The van der Waals surface area contributed by atoms with E-state index in [9.17, 15) is 5.11 Å². The van der Waals surface area contributed by atoms with E-state index in [4.69, 9.17) is 0 Å². The highest BCUT2D eigenvalue weighted by Crippen LogP contribution is 2.15. The molecule has 0 heterocycles. The van der Waals surface area contributed by atoms with Crippen LogP contribution < -0.4 is 0 Å². The number of rotatable bonds is 4. The van der Waals surface area contributed by atoms with E-state index in [0.717, 1.165) is 5.56 Å². The highest BCUT2D eigenvalue weighted by atomic mass is 16.3. The molecule has 0 aromatic heterocycles. The van der Waals surface area contributed by atoms with Crippen molar-refractivity contribution in [3.63, 3.8) is 0 Å². The Hall–Kier alpha value is -2.28. The van der Waals surface area contributed by atoms with Crippen molar-refractivity contribution in [2.75, 3.05) is 0 Å². The fourth-order valence-corrected chi connectivity index (χ4v) is 1.84. The van der Waals surface area contributed by atoms with Crippen LogP contribution in [-0.2, 0) is 0 Å². The van der Waals surface area contributed by atoms with Crippen molar-refractivity contribution >= 4 is 11.8 Å². The summed E-state index contributed by atoms with van der Waals surface area (Å²) in [6, 6.07) is 19.7. The van der Waals surface area contributed by atoms with Gasteiger partial charge in [-0.1, -0.05) is 79.7 Å². The number of aliphatic hydroxyl groups excluding tert-OH is 1. The van der Waals surface area contributed by atoms with Crippen LogP contribution in [0.1, 0.15) is 18.1 Å². The molecule has 0 unspecified atom stereocenters. The average Bonchev–Trinajstić information content (AvgIpc) is 2.47. The lowest BCUT2D eigenvalue weighted by Gasteiger charge is -2.03. The molecule has 1 atom stereocenters. The van der Waals surface area contributed by atoms with Crippen LogP contribution in [-0.4, -0.2) is 5.11 Å². The van der Waals surface area contributed by atoms with E-state index in [1.165, 1.54) is 5.56 Å². The second-order valence-corrected chi connectivity index (χ2v) is 4.55. The predicted octanol–water partition coefficient (Wildman–Crippen LogP) is 4.94. The summed E-state index contributed by atoms with van der Waals surface area (Å²) < 4.78 is 0. The number of hydrogen-bond donors (Lipinski definition) is 1. The molecule has 0 fully saturated rings. The largest absolute Gasteiger partial charge is 0.508 e. The van der Waals surface area contributed by atoms with Crippen molar-refractivity contribution < 1.29 is 5.11 Å². The molecule has 19 heavy (non-hydrogen) atoms. The molecule has 2 aromatic carbocycles. The van der Waals surface area contributed by atoms with E-state index in [1.807, 2.05) is 54.6 Å². The zero-order valence-corrected chi connectivity index (χ0v) is 11.0. The topological polar surface area (TPSA) is 20.2 Å². The van der Waals surface area contributed by atoms with E-state index < -0.39 is 0 Å². The zero-order valence-electron chi connectivity index (χ0n) is 11.0. The maximum atomic E-state index is 10.0. The van der Waals surface area contributed by atoms with Gasteiger partial charge in [-0.05, 0) is 17.6 Å². The predicted molar refractivity (Wildman–Crippen MR) is 81.7 cm³/mol. The summed E-state index contributed by atoms with van der Waals surface area (Å²) in [5, 5.41) is 10.0. The minimum Gasteiger partial charge on any atom is -0.508 e. The minimum atomic E-state index is 0.181. The van der Waals surface area contributed by atoms with Crippen LogP contribution in [0.3, 0.4) is 0 Å². The van der Waals surface area contributed by atoms with E-state index in [0.29, 0.717) is 5.76 Å². The second-order valence-electron chi connectivity index (χ2n) is 4.55. The molecule has 0 spiro atoms. The van der Waals surface area contributed by atoms with Gasteiger partial charge in [0.1, 0.15) is 5.76 Å². The van der Waals surface area contributed by atoms with Crippen molar-refractivity contribution in [1.29, 1.82) is 0 Å². The van der Waals surface area contributed by atoms with Crippen molar-refractivity contribution in [3.05, 3.63) is 83.9 Å². The molecule has 0 aliphatic heterocycles. The second kappa shape index (κ2) is 6.60. The summed E-state index contributed by atoms with van der Waals surface area (Å²) >= 11 is 0. The Morgan fingerprint density at radius 1 is 0.947 bits per heavy atom. The molecule has 0 saturated carbocycles. The molecule has 1 heteroatoms. The third-order valence-electron chi connectivity index (χ3n) is 2.88. The van der Waals surface area contributed by atoms with E-state index in [-0.39, 0.29) is 5.92 Å². The molecule has 0 aliphatic carbocycles. The number of aliphatic hydroxyl groups is 1. The number of allylic oxidation sites excluding steroid dienone is 2. The summed E-state index contributed by atoms with van der Waals surface area (Å²) in [4.78, 5) is 0. The Bertz CT molecular complexity index is 553. The molecule has 0 aliphatic rings. The van der Waals surface area contributed by atoms with Gasteiger partial charge in [0.2, 0.25) is 0 Å². The van der Waals surface area contributed by atoms with Gasteiger partial charge in [-0.15, -0.1) is 0 Å². The fraction of sp³-hybridized carbons (Fsp3) is 0.111. The fourth-order valence-electron chi connectivity index (χ4n) is 1.84. The average molecular weight is 250 g/mol. The molecular formula is C18H18O. The van der Waals surface area contributed by atoms with Crippen molar-refractivity contribution in [2.24, 2.45) is 5.92 Å². The minimum absolute atomic E-state index is 0.181. The summed E-state index contributed by atoms with van der Waals surface area (Å²) in [6.07, 6.45) is 6.00. The maximum Gasteiger partial charge on any atom is 0.119 e. The standard InChI is InChI=1S/C18H18O/c1-15(12-13-16-8-4-2-5-9-16)14-18(19)17-10-6-3-7-11-17/h2-15,19H,1H3/b13-12+,18-14-/t15-/m0/s1. The molecule has 0 saturated heterocycles. The molecule has 96 valence electrons. The first-order valence-corrected chi connectivity index (χ1v) is 6.45. The summed E-state index contributed by atoms with van der Waals surface area (Å²) in [6.45, 7) is 2.05. The Labute approximate surface area is 114 Å². The molecule has 0 amide bonds. The zero-order chi connectivity index (χ0) is 13.5. The Morgan fingerprint density at radius 3 is 2.16 bits per heavy atom. The summed E-state index contributed by atoms with van der Waals surface area (Å²) in [7, 11) is 0. The van der Waals surface area contributed by atoms with Crippen LogP contribution >= 0.6 is 0 Å². The third kappa shape index (κ3) is 4.14. The van der Waals surface area contributed by atoms with Gasteiger partial charge in [0, 0.05) is 5.56 Å². The molecule has 1 nitrogen and oxygen atoms in total. The van der Waals surface area contributed by atoms with Crippen LogP contribution in [0.2, 0.25) is 0 Å². The van der Waals surface area contributed by atoms with Crippen molar-refractivity contribution in [3.8, 4) is 0 Å². The smallest absolute Gasteiger partial charge is 0.119 e. The summed E-state index contributed by atoms with van der Waals surface area (Å²) in [5.41, 5.74) is 2.02. The van der Waals surface area contributed by atoms with E-state index in [2.05, 4.69) is 31.2 Å². The highest BCUT2D eigenvalue weighted by molar-refractivity contribution is 5.59. The van der Waals surface area contributed by atoms with Crippen LogP contribution in [0.15, 0.2) is 72.8 Å². The molecule has 2 rings (SSSR count).